The van der Waals surface area contributed by atoms with E-state index in [1.807, 2.05) is 12.1 Å². The molecule has 0 unspecified atom stereocenters. The summed E-state index contributed by atoms with van der Waals surface area (Å²) in [6, 6.07) is 3.80. The Morgan fingerprint density at radius 2 is 2.46 bits per heavy atom. The Labute approximate surface area is 76.7 Å². The van der Waals surface area contributed by atoms with E-state index in [4.69, 9.17) is 4.74 Å². The Morgan fingerprint density at radius 3 is 2.92 bits per heavy atom. The highest BCUT2D eigenvalue weighted by molar-refractivity contribution is 5.61. The van der Waals surface area contributed by atoms with Gasteiger partial charge in [-0.2, -0.15) is 0 Å². The predicted octanol–water partition coefficient (Wildman–Crippen LogP) is 1.39. The highest BCUT2D eigenvalue weighted by Crippen LogP contribution is 2.45. The first-order chi connectivity index (χ1) is 6.35. The standard InChI is InChI=1S/C10H11NO2/c1-13-10-3-2-7(5-11-10)9-4-8(9)6-12/h2-3,5-6,8-9H,4H2,1H3/t8-,9-/m0/s1. The van der Waals surface area contributed by atoms with E-state index in [0.717, 1.165) is 18.3 Å². The van der Waals surface area contributed by atoms with E-state index in [2.05, 4.69) is 4.98 Å². The Balaban J connectivity index is 2.11. The fourth-order valence-electron chi connectivity index (χ4n) is 1.48. The van der Waals surface area contributed by atoms with Gasteiger partial charge in [0.05, 0.1) is 7.11 Å². The first-order valence-electron chi connectivity index (χ1n) is 4.30. The normalized spacial score (nSPS) is 25.3. The van der Waals surface area contributed by atoms with Gasteiger partial charge in [0.15, 0.2) is 0 Å². The van der Waals surface area contributed by atoms with E-state index >= 15 is 0 Å². The average Bonchev–Trinajstić information content (AvgIpc) is 2.97. The second-order valence-corrected chi connectivity index (χ2v) is 3.28. The van der Waals surface area contributed by atoms with Crippen LogP contribution in [0.1, 0.15) is 17.9 Å². The van der Waals surface area contributed by atoms with Crippen molar-refractivity contribution in [3.63, 3.8) is 0 Å². The third-order valence-electron chi connectivity index (χ3n) is 2.41. The Hall–Kier alpha value is -1.38. The number of nitrogens with zero attached hydrogens (tertiary/aromatic N) is 1. The number of aromatic nitrogens is 1. The van der Waals surface area contributed by atoms with Crippen molar-refractivity contribution in [2.75, 3.05) is 7.11 Å². The maximum atomic E-state index is 10.4. The molecule has 1 heterocycles. The molecule has 0 saturated heterocycles. The zero-order valence-corrected chi connectivity index (χ0v) is 7.43. The smallest absolute Gasteiger partial charge is 0.212 e. The van der Waals surface area contributed by atoms with Crippen LogP contribution in [0, 0.1) is 5.92 Å². The Bertz CT molecular complexity index is 307. The van der Waals surface area contributed by atoms with Crippen LogP contribution in [0.2, 0.25) is 0 Å². The zero-order chi connectivity index (χ0) is 9.26. The van der Waals surface area contributed by atoms with Crippen molar-refractivity contribution in [1.29, 1.82) is 0 Å². The lowest BCUT2D eigenvalue weighted by atomic mass is 10.1. The van der Waals surface area contributed by atoms with Gasteiger partial charge in [-0.3, -0.25) is 0 Å². The lowest BCUT2D eigenvalue weighted by Crippen LogP contribution is -1.89. The minimum atomic E-state index is 0.218. The highest BCUT2D eigenvalue weighted by atomic mass is 16.5. The summed E-state index contributed by atoms with van der Waals surface area (Å²) in [5.74, 6) is 1.23. The maximum absolute atomic E-state index is 10.4. The van der Waals surface area contributed by atoms with Gasteiger partial charge in [-0.15, -0.1) is 0 Å². The molecule has 13 heavy (non-hydrogen) atoms. The van der Waals surface area contributed by atoms with Gasteiger partial charge in [0.1, 0.15) is 6.29 Å². The number of pyridine rings is 1. The van der Waals surface area contributed by atoms with Crippen LogP contribution in [0.3, 0.4) is 0 Å². The number of hydrogen-bond acceptors (Lipinski definition) is 3. The molecule has 3 nitrogen and oxygen atoms in total. The number of aldehydes is 1. The summed E-state index contributed by atoms with van der Waals surface area (Å²) in [6.45, 7) is 0. The number of ether oxygens (including phenoxy) is 1. The lowest BCUT2D eigenvalue weighted by Gasteiger charge is -1.99. The largest absolute Gasteiger partial charge is 0.481 e. The maximum Gasteiger partial charge on any atom is 0.212 e. The van der Waals surface area contributed by atoms with Crippen LogP contribution in [0.15, 0.2) is 18.3 Å². The summed E-state index contributed by atoms with van der Waals surface area (Å²) in [6.07, 6.45) is 3.78. The highest BCUT2D eigenvalue weighted by Gasteiger charge is 2.38. The molecule has 2 rings (SSSR count). The third kappa shape index (κ3) is 1.54. The number of carbonyl (C=O) groups is 1. The van der Waals surface area contributed by atoms with E-state index in [9.17, 15) is 4.79 Å². The quantitative estimate of drug-likeness (QED) is 0.655. The number of hydrogen-bond donors (Lipinski definition) is 0. The number of carbonyl (C=O) groups excluding carboxylic acids is 1. The summed E-state index contributed by atoms with van der Waals surface area (Å²) < 4.78 is 4.94. The molecule has 1 aromatic rings. The summed E-state index contributed by atoms with van der Waals surface area (Å²) >= 11 is 0. The van der Waals surface area contributed by atoms with E-state index in [0.29, 0.717) is 11.8 Å². The summed E-state index contributed by atoms with van der Waals surface area (Å²) in [5, 5.41) is 0. The molecule has 0 aliphatic heterocycles. The van der Waals surface area contributed by atoms with Crippen molar-refractivity contribution in [2.24, 2.45) is 5.92 Å². The molecule has 0 radical (unpaired) electrons. The molecule has 0 spiro atoms. The molecule has 1 saturated carbocycles. The van der Waals surface area contributed by atoms with Crippen LogP contribution in [0.5, 0.6) is 5.88 Å². The molecule has 3 heteroatoms. The third-order valence-corrected chi connectivity index (χ3v) is 2.41. The second-order valence-electron chi connectivity index (χ2n) is 3.28. The van der Waals surface area contributed by atoms with Crippen LogP contribution in [-0.4, -0.2) is 18.4 Å². The van der Waals surface area contributed by atoms with E-state index in [-0.39, 0.29) is 5.92 Å². The van der Waals surface area contributed by atoms with Gasteiger partial charge in [-0.1, -0.05) is 6.07 Å². The first kappa shape index (κ1) is 8.23. The topological polar surface area (TPSA) is 39.2 Å². The van der Waals surface area contributed by atoms with Gasteiger partial charge in [0, 0.05) is 18.2 Å². The first-order valence-corrected chi connectivity index (χ1v) is 4.30. The molecular weight excluding hydrogens is 166 g/mol. The van der Waals surface area contributed by atoms with Crippen LogP contribution < -0.4 is 4.74 Å². The van der Waals surface area contributed by atoms with Crippen LogP contribution in [0.25, 0.3) is 0 Å². The Kier molecular flexibility index (Phi) is 2.00. The van der Waals surface area contributed by atoms with Crippen molar-refractivity contribution >= 4 is 6.29 Å². The van der Waals surface area contributed by atoms with Crippen molar-refractivity contribution in [1.82, 2.24) is 4.98 Å². The summed E-state index contributed by atoms with van der Waals surface area (Å²) in [4.78, 5) is 14.5. The second kappa shape index (κ2) is 3.17. The monoisotopic (exact) mass is 177 g/mol. The van der Waals surface area contributed by atoms with Gasteiger partial charge in [-0.25, -0.2) is 4.98 Å². The fourth-order valence-corrected chi connectivity index (χ4v) is 1.48. The predicted molar refractivity (Wildman–Crippen MR) is 47.7 cm³/mol. The van der Waals surface area contributed by atoms with Crippen LogP contribution in [-0.2, 0) is 4.79 Å². The molecule has 1 fully saturated rings. The molecule has 68 valence electrons. The van der Waals surface area contributed by atoms with E-state index in [1.54, 1.807) is 13.3 Å². The molecule has 0 N–H and O–H groups in total. The van der Waals surface area contributed by atoms with E-state index in [1.165, 1.54) is 0 Å². The SMILES string of the molecule is COc1ccc([C@@H]2C[C@H]2C=O)cn1. The molecular formula is C10H11NO2. The van der Waals surface area contributed by atoms with Gasteiger partial charge in [0.25, 0.3) is 0 Å². The molecule has 0 bridgehead atoms. The summed E-state index contributed by atoms with van der Waals surface area (Å²) in [5.41, 5.74) is 1.14. The molecule has 1 aromatic heterocycles. The van der Waals surface area contributed by atoms with Crippen LogP contribution >= 0.6 is 0 Å². The molecule has 1 aliphatic carbocycles. The number of methoxy groups -OCH3 is 1. The van der Waals surface area contributed by atoms with Gasteiger partial charge >= 0.3 is 0 Å². The number of rotatable bonds is 3. The average molecular weight is 177 g/mol. The molecule has 0 aromatic carbocycles. The van der Waals surface area contributed by atoms with Gasteiger partial charge in [-0.05, 0) is 17.9 Å². The van der Waals surface area contributed by atoms with Gasteiger partial charge in [0.2, 0.25) is 5.88 Å². The van der Waals surface area contributed by atoms with Crippen molar-refractivity contribution in [3.8, 4) is 5.88 Å². The lowest BCUT2D eigenvalue weighted by molar-refractivity contribution is -0.108. The van der Waals surface area contributed by atoms with Crippen molar-refractivity contribution in [2.45, 2.75) is 12.3 Å². The minimum absolute atomic E-state index is 0.218. The summed E-state index contributed by atoms with van der Waals surface area (Å²) in [7, 11) is 1.59. The zero-order valence-electron chi connectivity index (χ0n) is 7.43. The van der Waals surface area contributed by atoms with Crippen molar-refractivity contribution < 1.29 is 9.53 Å². The van der Waals surface area contributed by atoms with E-state index < -0.39 is 0 Å². The van der Waals surface area contributed by atoms with Crippen LogP contribution in [0.4, 0.5) is 0 Å². The Morgan fingerprint density at radius 1 is 1.62 bits per heavy atom. The molecule has 1 aliphatic rings. The molecule has 2 atom stereocenters. The van der Waals surface area contributed by atoms with Crippen molar-refractivity contribution in [3.05, 3.63) is 23.9 Å². The fraction of sp³-hybridized carbons (Fsp3) is 0.400. The molecule has 0 amide bonds. The van der Waals surface area contributed by atoms with Gasteiger partial charge < -0.3 is 9.53 Å². The minimum Gasteiger partial charge on any atom is -0.481 e.